The van der Waals surface area contributed by atoms with E-state index in [1.54, 1.807) is 30.9 Å². The van der Waals surface area contributed by atoms with Crippen LogP contribution in [0.3, 0.4) is 0 Å². The summed E-state index contributed by atoms with van der Waals surface area (Å²) >= 11 is 1.22. The maximum absolute atomic E-state index is 12.2. The Bertz CT molecular complexity index is 1070. The van der Waals surface area contributed by atoms with Crippen LogP contribution in [0.15, 0.2) is 53.7 Å². The largest absolute Gasteiger partial charge is 0.497 e. The number of methoxy groups -OCH3 is 1. The fourth-order valence-corrected chi connectivity index (χ4v) is 3.49. The molecule has 0 saturated carbocycles. The highest BCUT2D eigenvalue weighted by molar-refractivity contribution is 7.99. The maximum atomic E-state index is 12.2. The number of carbonyl (C=O) groups excluding carboxylic acids is 1. The van der Waals surface area contributed by atoms with Crippen LogP contribution in [-0.4, -0.2) is 44.6 Å². The molecule has 1 heterocycles. The van der Waals surface area contributed by atoms with Gasteiger partial charge in [0.1, 0.15) is 11.5 Å². The van der Waals surface area contributed by atoms with Crippen LogP contribution in [0.4, 0.5) is 5.69 Å². The minimum atomic E-state index is -1.05. The van der Waals surface area contributed by atoms with Crippen molar-refractivity contribution in [1.82, 2.24) is 14.8 Å². The Morgan fingerprint density at radius 1 is 1.16 bits per heavy atom. The second-order valence-corrected chi connectivity index (χ2v) is 7.50. The van der Waals surface area contributed by atoms with E-state index < -0.39 is 5.97 Å². The van der Waals surface area contributed by atoms with Crippen molar-refractivity contribution < 1.29 is 24.2 Å². The van der Waals surface area contributed by atoms with E-state index in [-0.39, 0.29) is 23.3 Å². The Balaban J connectivity index is 1.57. The highest BCUT2D eigenvalue weighted by Crippen LogP contribution is 2.25. The van der Waals surface area contributed by atoms with Gasteiger partial charge < -0.3 is 24.5 Å². The van der Waals surface area contributed by atoms with E-state index in [2.05, 4.69) is 15.5 Å². The van der Waals surface area contributed by atoms with Crippen molar-refractivity contribution in [3.8, 4) is 11.5 Å². The topological polar surface area (TPSA) is 116 Å². The van der Waals surface area contributed by atoms with Gasteiger partial charge in [-0.15, -0.1) is 10.2 Å². The van der Waals surface area contributed by atoms with Gasteiger partial charge >= 0.3 is 5.97 Å². The molecule has 3 aromatic rings. The summed E-state index contributed by atoms with van der Waals surface area (Å²) in [5, 5.41) is 20.6. The molecule has 0 bridgehead atoms. The molecule has 10 heteroatoms. The molecule has 162 valence electrons. The number of anilines is 1. The molecule has 9 nitrogen and oxygen atoms in total. The van der Waals surface area contributed by atoms with E-state index in [9.17, 15) is 9.59 Å². The summed E-state index contributed by atoms with van der Waals surface area (Å²) < 4.78 is 12.8. The third-order valence-electron chi connectivity index (χ3n) is 4.33. The van der Waals surface area contributed by atoms with Crippen LogP contribution in [0.1, 0.15) is 29.2 Å². The Morgan fingerprint density at radius 2 is 1.87 bits per heavy atom. The number of hydrogen-bond donors (Lipinski definition) is 2. The summed E-state index contributed by atoms with van der Waals surface area (Å²) in [6.07, 6.45) is -0.354. The van der Waals surface area contributed by atoms with E-state index in [0.717, 1.165) is 5.75 Å². The number of carboxylic acids is 1. The zero-order chi connectivity index (χ0) is 22.4. The molecule has 1 aromatic heterocycles. The third-order valence-corrected chi connectivity index (χ3v) is 5.35. The van der Waals surface area contributed by atoms with Gasteiger partial charge in [0, 0.05) is 12.7 Å². The number of amides is 1. The normalized spacial score (nSPS) is 11.6. The molecule has 1 atom stereocenters. The second-order valence-electron chi connectivity index (χ2n) is 6.56. The predicted molar refractivity (Wildman–Crippen MR) is 116 cm³/mol. The summed E-state index contributed by atoms with van der Waals surface area (Å²) in [4.78, 5) is 23.3. The Hall–Kier alpha value is -3.53. The molecule has 0 aliphatic rings. The van der Waals surface area contributed by atoms with Gasteiger partial charge in [-0.05, 0) is 49.4 Å². The summed E-state index contributed by atoms with van der Waals surface area (Å²) in [5.74, 6) is 0.797. The van der Waals surface area contributed by atoms with Crippen LogP contribution in [0.25, 0.3) is 0 Å². The van der Waals surface area contributed by atoms with Gasteiger partial charge in [-0.2, -0.15) is 0 Å². The van der Waals surface area contributed by atoms with Crippen molar-refractivity contribution >= 4 is 29.3 Å². The van der Waals surface area contributed by atoms with Crippen LogP contribution in [0.5, 0.6) is 11.5 Å². The predicted octanol–water partition coefficient (Wildman–Crippen LogP) is 3.39. The average molecular weight is 442 g/mol. The van der Waals surface area contributed by atoms with Gasteiger partial charge in [-0.3, -0.25) is 4.79 Å². The molecule has 0 spiro atoms. The lowest BCUT2D eigenvalue weighted by molar-refractivity contribution is -0.113. The minimum absolute atomic E-state index is 0.0942. The summed E-state index contributed by atoms with van der Waals surface area (Å²) in [6.45, 7) is 1.87. The van der Waals surface area contributed by atoms with E-state index in [4.69, 9.17) is 14.6 Å². The van der Waals surface area contributed by atoms with Gasteiger partial charge in [0.05, 0.1) is 18.4 Å². The van der Waals surface area contributed by atoms with Crippen LogP contribution in [-0.2, 0) is 11.8 Å². The molecule has 0 radical (unpaired) electrons. The fraction of sp³-hybridized carbons (Fsp3) is 0.238. The summed E-state index contributed by atoms with van der Waals surface area (Å²) in [6, 6.07) is 13.3. The summed E-state index contributed by atoms with van der Waals surface area (Å²) in [7, 11) is 3.41. The van der Waals surface area contributed by atoms with Crippen molar-refractivity contribution in [1.29, 1.82) is 0 Å². The monoisotopic (exact) mass is 442 g/mol. The fourth-order valence-electron chi connectivity index (χ4n) is 2.77. The van der Waals surface area contributed by atoms with Gasteiger partial charge in [0.2, 0.25) is 5.91 Å². The number of thioether (sulfide) groups is 1. The lowest BCUT2D eigenvalue weighted by Crippen LogP contribution is -2.15. The number of rotatable bonds is 9. The number of nitrogens with one attached hydrogen (secondary N) is 1. The molecule has 1 amide bonds. The van der Waals surface area contributed by atoms with Crippen LogP contribution >= 0.6 is 11.8 Å². The molecule has 2 aromatic carbocycles. The van der Waals surface area contributed by atoms with Gasteiger partial charge in [0.15, 0.2) is 17.1 Å². The smallest absolute Gasteiger partial charge is 0.335 e. The standard InChI is InChI=1S/C21H22N4O5S/c1-13(30-17-9-7-16(29-3)8-10-17)19-23-24-21(25(19)2)31-12-18(26)22-15-6-4-5-14(11-15)20(27)28/h4-11,13H,12H2,1-3H3,(H,22,26)(H,27,28). The third kappa shape index (κ3) is 5.76. The Kier molecular flexibility index (Phi) is 7.14. The number of benzene rings is 2. The van der Waals surface area contributed by atoms with Crippen molar-refractivity contribution in [2.75, 3.05) is 18.2 Å². The van der Waals surface area contributed by atoms with E-state index in [0.29, 0.717) is 22.4 Å². The molecule has 0 saturated heterocycles. The van der Waals surface area contributed by atoms with Gasteiger partial charge in [-0.25, -0.2) is 4.79 Å². The van der Waals surface area contributed by atoms with Crippen LogP contribution in [0, 0.1) is 0 Å². The molecule has 2 N–H and O–H groups in total. The molecular formula is C21H22N4O5S. The zero-order valence-electron chi connectivity index (χ0n) is 17.2. The molecule has 1 unspecified atom stereocenters. The molecule has 3 rings (SSSR count). The number of aromatic nitrogens is 3. The number of carbonyl (C=O) groups is 2. The lowest BCUT2D eigenvalue weighted by Gasteiger charge is -2.14. The second kappa shape index (κ2) is 9.98. The van der Waals surface area contributed by atoms with Crippen molar-refractivity contribution in [2.24, 2.45) is 7.05 Å². The van der Waals surface area contributed by atoms with Crippen molar-refractivity contribution in [3.05, 3.63) is 59.9 Å². The number of nitrogens with zero attached hydrogens (tertiary/aromatic N) is 3. The first-order chi connectivity index (χ1) is 14.9. The number of aromatic carboxylic acids is 1. The molecule has 0 aliphatic carbocycles. The number of hydrogen-bond acceptors (Lipinski definition) is 7. The highest BCUT2D eigenvalue weighted by Gasteiger charge is 2.18. The maximum Gasteiger partial charge on any atom is 0.335 e. The first-order valence-electron chi connectivity index (χ1n) is 9.33. The minimum Gasteiger partial charge on any atom is -0.497 e. The van der Waals surface area contributed by atoms with Crippen LogP contribution < -0.4 is 14.8 Å². The van der Waals surface area contributed by atoms with Crippen molar-refractivity contribution in [3.63, 3.8) is 0 Å². The molecule has 0 fully saturated rings. The Labute approximate surface area is 183 Å². The number of ether oxygens (including phenoxy) is 2. The lowest BCUT2D eigenvalue weighted by atomic mass is 10.2. The molecular weight excluding hydrogens is 420 g/mol. The van der Waals surface area contributed by atoms with Crippen molar-refractivity contribution in [2.45, 2.75) is 18.2 Å². The molecule has 31 heavy (non-hydrogen) atoms. The van der Waals surface area contributed by atoms with Gasteiger partial charge in [-0.1, -0.05) is 17.8 Å². The Morgan fingerprint density at radius 3 is 2.55 bits per heavy atom. The first-order valence-corrected chi connectivity index (χ1v) is 10.3. The summed E-state index contributed by atoms with van der Waals surface area (Å²) in [5.41, 5.74) is 0.528. The van der Waals surface area contributed by atoms with Crippen LogP contribution in [0.2, 0.25) is 0 Å². The quantitative estimate of drug-likeness (QED) is 0.485. The van der Waals surface area contributed by atoms with E-state index in [1.807, 2.05) is 31.2 Å². The number of carboxylic acid groups (broad SMARTS) is 1. The SMILES string of the molecule is COc1ccc(OC(C)c2nnc(SCC(=O)Nc3cccc(C(=O)O)c3)n2C)cc1. The molecule has 0 aliphatic heterocycles. The van der Waals surface area contributed by atoms with E-state index >= 15 is 0 Å². The zero-order valence-corrected chi connectivity index (χ0v) is 18.0. The first kappa shape index (κ1) is 22.2. The highest BCUT2D eigenvalue weighted by atomic mass is 32.2. The average Bonchev–Trinajstić information content (AvgIpc) is 3.13. The van der Waals surface area contributed by atoms with Gasteiger partial charge in [0.25, 0.3) is 0 Å². The van der Waals surface area contributed by atoms with E-state index in [1.165, 1.54) is 23.9 Å².